The number of aryl methyl sites for hydroxylation is 1. The number of fused-ring (bicyclic) bond motifs is 3. The Morgan fingerprint density at radius 1 is 1.27 bits per heavy atom. The van der Waals surface area contributed by atoms with Gasteiger partial charge >= 0.3 is 0 Å². The lowest BCUT2D eigenvalue weighted by Gasteiger charge is -2.12. The first kappa shape index (κ1) is 9.86. The molecule has 0 aromatic heterocycles. The summed E-state index contributed by atoms with van der Waals surface area (Å²) in [7, 11) is 0. The van der Waals surface area contributed by atoms with E-state index < -0.39 is 0 Å². The second-order valence-corrected chi connectivity index (χ2v) is 5.80. The Kier molecular flexibility index (Phi) is 2.18. The summed E-state index contributed by atoms with van der Waals surface area (Å²) < 4.78 is 1.26. The Balaban J connectivity index is 2.15. The fraction of sp³-hybridized carbons (Fsp3) is 0.538. The zero-order valence-corrected chi connectivity index (χ0v) is 10.8. The van der Waals surface area contributed by atoms with Gasteiger partial charge in [-0.25, -0.2) is 0 Å². The van der Waals surface area contributed by atoms with E-state index in [1.54, 1.807) is 11.1 Å². The fourth-order valence-corrected chi connectivity index (χ4v) is 3.59. The van der Waals surface area contributed by atoms with Gasteiger partial charge in [-0.3, -0.25) is 0 Å². The third-order valence-electron chi connectivity index (χ3n) is 4.16. The summed E-state index contributed by atoms with van der Waals surface area (Å²) in [5.41, 5.74) is 4.54. The molecule has 2 heteroatoms. The molecule has 1 N–H and O–H groups in total. The Hall–Kier alpha value is -0.340. The molecule has 0 bridgehead atoms. The van der Waals surface area contributed by atoms with Crippen LogP contribution in [0.3, 0.4) is 0 Å². The van der Waals surface area contributed by atoms with Crippen molar-refractivity contribution in [2.75, 3.05) is 13.1 Å². The van der Waals surface area contributed by atoms with Crippen LogP contribution in [0.5, 0.6) is 0 Å². The molecule has 1 aliphatic carbocycles. The summed E-state index contributed by atoms with van der Waals surface area (Å²) in [5, 5.41) is 3.51. The number of benzene rings is 1. The molecule has 3 atom stereocenters. The van der Waals surface area contributed by atoms with E-state index >= 15 is 0 Å². The second kappa shape index (κ2) is 3.33. The van der Waals surface area contributed by atoms with Crippen molar-refractivity contribution in [3.8, 4) is 0 Å². The van der Waals surface area contributed by atoms with Gasteiger partial charge in [-0.2, -0.15) is 0 Å². The van der Waals surface area contributed by atoms with E-state index in [1.165, 1.54) is 16.6 Å². The van der Waals surface area contributed by atoms with Crippen molar-refractivity contribution in [1.82, 2.24) is 5.32 Å². The first-order valence-corrected chi connectivity index (χ1v) is 6.48. The zero-order valence-electron chi connectivity index (χ0n) is 9.18. The number of nitrogens with one attached hydrogen (secondary N) is 1. The van der Waals surface area contributed by atoms with Crippen LogP contribution in [0.2, 0.25) is 0 Å². The molecule has 1 aliphatic heterocycles. The predicted octanol–water partition coefficient (Wildman–Crippen LogP) is 3.18. The number of hydrogen-bond donors (Lipinski definition) is 1. The highest BCUT2D eigenvalue weighted by Crippen LogP contribution is 2.49. The molecule has 15 heavy (non-hydrogen) atoms. The average Bonchev–Trinajstić information content (AvgIpc) is 2.75. The standard InChI is InChI=1S/C13H16BrN/c1-7-3-9-8(2)11-5-15-6-12(11)10(9)4-13(7)14/h3-4,8,11-12,15H,5-6H2,1-2H3. The molecule has 1 aromatic rings. The second-order valence-electron chi connectivity index (χ2n) is 4.95. The maximum atomic E-state index is 3.65. The fourth-order valence-electron chi connectivity index (χ4n) is 3.23. The molecule has 1 saturated heterocycles. The smallest absolute Gasteiger partial charge is 0.0207 e. The molecule has 1 nitrogen and oxygen atoms in total. The van der Waals surface area contributed by atoms with Gasteiger partial charge in [0.25, 0.3) is 0 Å². The van der Waals surface area contributed by atoms with Crippen LogP contribution in [-0.4, -0.2) is 13.1 Å². The van der Waals surface area contributed by atoms with Crippen LogP contribution in [-0.2, 0) is 0 Å². The highest BCUT2D eigenvalue weighted by atomic mass is 79.9. The largest absolute Gasteiger partial charge is 0.316 e. The lowest BCUT2D eigenvalue weighted by molar-refractivity contribution is 0.487. The highest BCUT2D eigenvalue weighted by molar-refractivity contribution is 9.10. The topological polar surface area (TPSA) is 12.0 Å². The third-order valence-corrected chi connectivity index (χ3v) is 5.01. The Morgan fingerprint density at radius 3 is 2.87 bits per heavy atom. The van der Waals surface area contributed by atoms with Crippen molar-refractivity contribution in [1.29, 1.82) is 0 Å². The third kappa shape index (κ3) is 1.31. The summed E-state index contributed by atoms with van der Waals surface area (Å²) in [6.45, 7) is 6.92. The Bertz CT molecular complexity index is 413. The van der Waals surface area contributed by atoms with E-state index in [9.17, 15) is 0 Å². The van der Waals surface area contributed by atoms with E-state index in [4.69, 9.17) is 0 Å². The molecule has 0 amide bonds. The normalized spacial score (nSPS) is 32.9. The van der Waals surface area contributed by atoms with Crippen molar-refractivity contribution < 1.29 is 0 Å². The lowest BCUT2D eigenvalue weighted by Crippen LogP contribution is -2.12. The van der Waals surface area contributed by atoms with Gasteiger partial charge in [0.2, 0.25) is 0 Å². The lowest BCUT2D eigenvalue weighted by atomic mass is 9.91. The molecule has 3 unspecified atom stereocenters. The molecule has 0 spiro atoms. The van der Waals surface area contributed by atoms with Crippen LogP contribution < -0.4 is 5.32 Å². The van der Waals surface area contributed by atoms with Gasteiger partial charge in [-0.1, -0.05) is 28.9 Å². The van der Waals surface area contributed by atoms with E-state index in [1.807, 2.05) is 0 Å². The van der Waals surface area contributed by atoms with Crippen molar-refractivity contribution >= 4 is 15.9 Å². The maximum Gasteiger partial charge on any atom is 0.0207 e. The monoisotopic (exact) mass is 265 g/mol. The molecule has 3 rings (SSSR count). The van der Waals surface area contributed by atoms with Crippen molar-refractivity contribution in [3.63, 3.8) is 0 Å². The van der Waals surface area contributed by atoms with Gasteiger partial charge in [0.1, 0.15) is 0 Å². The van der Waals surface area contributed by atoms with Crippen molar-refractivity contribution in [2.45, 2.75) is 25.7 Å². The Labute approximate surface area is 99.4 Å². The van der Waals surface area contributed by atoms with E-state index in [2.05, 4.69) is 47.2 Å². The molecular formula is C13H16BrN. The molecule has 0 radical (unpaired) electrons. The van der Waals surface area contributed by atoms with Crippen molar-refractivity contribution in [3.05, 3.63) is 33.3 Å². The predicted molar refractivity (Wildman–Crippen MR) is 66.4 cm³/mol. The van der Waals surface area contributed by atoms with Gasteiger partial charge in [0.15, 0.2) is 0 Å². The van der Waals surface area contributed by atoms with Gasteiger partial charge in [-0.05, 0) is 48.1 Å². The van der Waals surface area contributed by atoms with Crippen LogP contribution in [0.1, 0.15) is 35.4 Å². The molecule has 0 saturated carbocycles. The SMILES string of the molecule is Cc1cc2c(cc1Br)C1CNCC1C2C. The summed E-state index contributed by atoms with van der Waals surface area (Å²) in [6, 6.07) is 4.72. The summed E-state index contributed by atoms with van der Waals surface area (Å²) in [5.74, 6) is 2.31. The minimum atomic E-state index is 0.729. The van der Waals surface area contributed by atoms with Crippen LogP contribution in [0.15, 0.2) is 16.6 Å². The van der Waals surface area contributed by atoms with Crippen LogP contribution in [0, 0.1) is 12.8 Å². The molecule has 80 valence electrons. The van der Waals surface area contributed by atoms with Crippen LogP contribution >= 0.6 is 15.9 Å². The van der Waals surface area contributed by atoms with Crippen molar-refractivity contribution in [2.24, 2.45) is 5.92 Å². The molecule has 1 heterocycles. The number of hydrogen-bond acceptors (Lipinski definition) is 1. The molecule has 1 aromatic carbocycles. The quantitative estimate of drug-likeness (QED) is 0.760. The molecular weight excluding hydrogens is 250 g/mol. The maximum absolute atomic E-state index is 3.65. The van der Waals surface area contributed by atoms with E-state index in [-0.39, 0.29) is 0 Å². The summed E-state index contributed by atoms with van der Waals surface area (Å²) in [6.07, 6.45) is 0. The highest BCUT2D eigenvalue weighted by Gasteiger charge is 2.41. The molecule has 1 fully saturated rings. The van der Waals surface area contributed by atoms with Gasteiger partial charge in [0.05, 0.1) is 0 Å². The molecule has 2 aliphatic rings. The van der Waals surface area contributed by atoms with Gasteiger partial charge < -0.3 is 5.32 Å². The minimum Gasteiger partial charge on any atom is -0.316 e. The number of rotatable bonds is 0. The summed E-state index contributed by atoms with van der Waals surface area (Å²) >= 11 is 3.65. The number of halogens is 1. The minimum absolute atomic E-state index is 0.729. The average molecular weight is 266 g/mol. The van der Waals surface area contributed by atoms with Gasteiger partial charge in [-0.15, -0.1) is 0 Å². The van der Waals surface area contributed by atoms with E-state index in [0.717, 1.165) is 24.3 Å². The zero-order chi connectivity index (χ0) is 10.6. The van der Waals surface area contributed by atoms with E-state index in [0.29, 0.717) is 0 Å². The summed E-state index contributed by atoms with van der Waals surface area (Å²) in [4.78, 5) is 0. The first-order valence-electron chi connectivity index (χ1n) is 5.69. The van der Waals surface area contributed by atoms with Crippen LogP contribution in [0.4, 0.5) is 0 Å². The van der Waals surface area contributed by atoms with Gasteiger partial charge in [0, 0.05) is 16.9 Å². The first-order chi connectivity index (χ1) is 7.18. The Morgan fingerprint density at radius 2 is 2.07 bits per heavy atom. The van der Waals surface area contributed by atoms with Crippen LogP contribution in [0.25, 0.3) is 0 Å².